The topological polar surface area (TPSA) is 50.8 Å². The van der Waals surface area contributed by atoms with Gasteiger partial charge in [0, 0.05) is 26.1 Å². The number of rotatable bonds is 4. The Kier molecular flexibility index (Phi) is 5.19. The molecule has 5 heteroatoms. The molecule has 0 aromatic rings. The molecule has 0 aromatic heterocycles. The van der Waals surface area contributed by atoms with E-state index in [9.17, 15) is 4.79 Å². The summed E-state index contributed by atoms with van der Waals surface area (Å²) in [6.07, 6.45) is 4.13. The van der Waals surface area contributed by atoms with Crippen LogP contribution >= 0.6 is 0 Å². The second-order valence-electron chi connectivity index (χ2n) is 5.86. The van der Waals surface area contributed by atoms with E-state index < -0.39 is 5.79 Å². The van der Waals surface area contributed by atoms with Gasteiger partial charge in [-0.15, -0.1) is 0 Å². The zero-order valence-corrected chi connectivity index (χ0v) is 12.1. The third-order valence-corrected chi connectivity index (χ3v) is 3.74. The molecule has 5 nitrogen and oxygen atoms in total. The minimum atomic E-state index is -0.470. The summed E-state index contributed by atoms with van der Waals surface area (Å²) in [5.41, 5.74) is 0. The number of ether oxygens (including phenoxy) is 2. The summed E-state index contributed by atoms with van der Waals surface area (Å²) in [6.45, 7) is 7.69. The van der Waals surface area contributed by atoms with E-state index >= 15 is 0 Å². The molecule has 2 fully saturated rings. The second kappa shape index (κ2) is 6.68. The molecule has 0 spiro atoms. The lowest BCUT2D eigenvalue weighted by molar-refractivity contribution is -0.252. The van der Waals surface area contributed by atoms with Gasteiger partial charge < -0.3 is 19.7 Å². The molecular weight excluding hydrogens is 244 g/mol. The van der Waals surface area contributed by atoms with Crippen molar-refractivity contribution >= 4 is 5.91 Å². The number of piperidine rings is 1. The van der Waals surface area contributed by atoms with Crippen molar-refractivity contribution in [3.63, 3.8) is 0 Å². The number of nitrogens with one attached hydrogen (secondary N) is 1. The van der Waals surface area contributed by atoms with Crippen molar-refractivity contribution in [2.45, 2.75) is 51.4 Å². The van der Waals surface area contributed by atoms with Gasteiger partial charge >= 0.3 is 0 Å². The van der Waals surface area contributed by atoms with Crippen molar-refractivity contribution in [3.05, 3.63) is 0 Å². The Morgan fingerprint density at radius 1 is 1.21 bits per heavy atom. The Morgan fingerprint density at radius 2 is 1.84 bits per heavy atom. The van der Waals surface area contributed by atoms with Crippen LogP contribution in [0.2, 0.25) is 0 Å². The Balaban J connectivity index is 1.60. The minimum absolute atomic E-state index is 0.196. The normalized spacial score (nSPS) is 24.4. The lowest BCUT2D eigenvalue weighted by Crippen LogP contribution is -2.49. The third-order valence-electron chi connectivity index (χ3n) is 3.74. The molecule has 0 atom stereocenters. The van der Waals surface area contributed by atoms with E-state index in [2.05, 4.69) is 5.32 Å². The molecule has 0 radical (unpaired) electrons. The highest BCUT2D eigenvalue weighted by atomic mass is 16.7. The number of amides is 1. The van der Waals surface area contributed by atoms with E-state index in [-0.39, 0.29) is 11.9 Å². The fourth-order valence-electron chi connectivity index (χ4n) is 2.49. The van der Waals surface area contributed by atoms with Crippen LogP contribution in [0.1, 0.15) is 39.5 Å². The smallest absolute Gasteiger partial charge is 0.223 e. The summed E-state index contributed by atoms with van der Waals surface area (Å²) in [5.74, 6) is -0.202. The van der Waals surface area contributed by atoms with Crippen LogP contribution in [0.25, 0.3) is 0 Å². The Labute approximate surface area is 115 Å². The highest BCUT2D eigenvalue weighted by Crippen LogP contribution is 2.16. The standard InChI is InChI=1S/C14H26N2O3/c1-14(2)18-10-12(11-19-14)15-7-6-13(17)16-8-4-3-5-9-16/h12,15H,3-11H2,1-2H3. The van der Waals surface area contributed by atoms with Gasteiger partial charge in [0.15, 0.2) is 5.79 Å². The Morgan fingerprint density at radius 3 is 2.47 bits per heavy atom. The first-order valence-corrected chi connectivity index (χ1v) is 7.36. The van der Waals surface area contributed by atoms with Crippen molar-refractivity contribution in [2.24, 2.45) is 0 Å². The zero-order chi connectivity index (χ0) is 13.7. The van der Waals surface area contributed by atoms with Gasteiger partial charge in [-0.05, 0) is 33.1 Å². The molecule has 0 unspecified atom stereocenters. The summed E-state index contributed by atoms with van der Waals surface area (Å²) < 4.78 is 11.1. The molecule has 0 saturated carbocycles. The monoisotopic (exact) mass is 270 g/mol. The van der Waals surface area contributed by atoms with Gasteiger partial charge in [0.1, 0.15) is 0 Å². The van der Waals surface area contributed by atoms with Crippen LogP contribution in [0.3, 0.4) is 0 Å². The summed E-state index contributed by atoms with van der Waals surface area (Å²) in [4.78, 5) is 14.0. The molecule has 2 aliphatic rings. The van der Waals surface area contributed by atoms with E-state index in [1.165, 1.54) is 6.42 Å². The first kappa shape index (κ1) is 14.8. The SMILES string of the molecule is CC1(C)OCC(NCCC(=O)N2CCCCC2)CO1. The van der Waals surface area contributed by atoms with Gasteiger partial charge in [-0.25, -0.2) is 0 Å². The van der Waals surface area contributed by atoms with Crippen LogP contribution in [-0.2, 0) is 14.3 Å². The van der Waals surface area contributed by atoms with Gasteiger partial charge in [0.05, 0.1) is 19.3 Å². The molecule has 110 valence electrons. The average molecular weight is 270 g/mol. The third kappa shape index (κ3) is 4.75. The molecule has 0 aliphatic carbocycles. The van der Waals surface area contributed by atoms with Crippen LogP contribution in [0, 0.1) is 0 Å². The summed E-state index contributed by atoms with van der Waals surface area (Å²) in [6, 6.07) is 0.196. The Hall–Kier alpha value is -0.650. The van der Waals surface area contributed by atoms with Crippen molar-refractivity contribution in [2.75, 3.05) is 32.8 Å². The molecule has 0 bridgehead atoms. The fraction of sp³-hybridized carbons (Fsp3) is 0.929. The molecule has 1 amide bonds. The quantitative estimate of drug-likeness (QED) is 0.832. The minimum Gasteiger partial charge on any atom is -0.349 e. The lowest BCUT2D eigenvalue weighted by atomic mass is 10.1. The number of nitrogens with zero attached hydrogens (tertiary/aromatic N) is 1. The molecule has 2 heterocycles. The summed E-state index contributed by atoms with van der Waals surface area (Å²) >= 11 is 0. The first-order chi connectivity index (χ1) is 9.07. The van der Waals surface area contributed by atoms with Gasteiger partial charge in [0.2, 0.25) is 5.91 Å². The van der Waals surface area contributed by atoms with Crippen molar-refractivity contribution < 1.29 is 14.3 Å². The van der Waals surface area contributed by atoms with Gasteiger partial charge in [-0.2, -0.15) is 0 Å². The first-order valence-electron chi connectivity index (χ1n) is 7.36. The van der Waals surface area contributed by atoms with Crippen LogP contribution in [0.5, 0.6) is 0 Å². The molecular formula is C14H26N2O3. The van der Waals surface area contributed by atoms with E-state index in [1.807, 2.05) is 18.7 Å². The van der Waals surface area contributed by atoms with E-state index in [0.29, 0.717) is 26.2 Å². The van der Waals surface area contributed by atoms with Gasteiger partial charge in [-0.1, -0.05) is 0 Å². The molecule has 19 heavy (non-hydrogen) atoms. The average Bonchev–Trinajstić information content (AvgIpc) is 2.41. The maximum atomic E-state index is 12.0. The van der Waals surface area contributed by atoms with Crippen molar-refractivity contribution in [1.29, 1.82) is 0 Å². The Bertz CT molecular complexity index is 291. The fourth-order valence-corrected chi connectivity index (χ4v) is 2.49. The highest BCUT2D eigenvalue weighted by molar-refractivity contribution is 5.76. The molecule has 2 aliphatic heterocycles. The predicted octanol–water partition coefficient (Wildman–Crippen LogP) is 1.13. The number of carbonyl (C=O) groups excluding carboxylic acids is 1. The van der Waals surface area contributed by atoms with Crippen LogP contribution in [-0.4, -0.2) is 55.5 Å². The molecule has 1 N–H and O–H groups in total. The largest absolute Gasteiger partial charge is 0.349 e. The molecule has 2 saturated heterocycles. The summed E-state index contributed by atoms with van der Waals surface area (Å²) in [5, 5.41) is 3.33. The van der Waals surface area contributed by atoms with Crippen LogP contribution in [0.15, 0.2) is 0 Å². The summed E-state index contributed by atoms with van der Waals surface area (Å²) in [7, 11) is 0. The maximum absolute atomic E-state index is 12.0. The zero-order valence-electron chi connectivity index (χ0n) is 12.1. The second-order valence-corrected chi connectivity index (χ2v) is 5.86. The highest BCUT2D eigenvalue weighted by Gasteiger charge is 2.28. The molecule has 0 aromatic carbocycles. The number of likely N-dealkylation sites (tertiary alicyclic amines) is 1. The number of hydrogen-bond donors (Lipinski definition) is 1. The number of carbonyl (C=O) groups is 1. The van der Waals surface area contributed by atoms with E-state index in [1.54, 1.807) is 0 Å². The maximum Gasteiger partial charge on any atom is 0.223 e. The lowest BCUT2D eigenvalue weighted by Gasteiger charge is -2.35. The van der Waals surface area contributed by atoms with E-state index in [4.69, 9.17) is 9.47 Å². The van der Waals surface area contributed by atoms with E-state index in [0.717, 1.165) is 25.9 Å². The van der Waals surface area contributed by atoms with Gasteiger partial charge in [0.25, 0.3) is 0 Å². The predicted molar refractivity (Wildman–Crippen MR) is 72.8 cm³/mol. The molecule has 2 rings (SSSR count). The number of hydrogen-bond acceptors (Lipinski definition) is 4. The van der Waals surface area contributed by atoms with Crippen LogP contribution < -0.4 is 5.32 Å². The van der Waals surface area contributed by atoms with Crippen molar-refractivity contribution in [1.82, 2.24) is 10.2 Å². The van der Waals surface area contributed by atoms with Crippen LogP contribution in [0.4, 0.5) is 0 Å². The van der Waals surface area contributed by atoms with Crippen molar-refractivity contribution in [3.8, 4) is 0 Å². The van der Waals surface area contributed by atoms with Gasteiger partial charge in [-0.3, -0.25) is 4.79 Å².